The number of carbonyl (C=O) groups is 3. The van der Waals surface area contributed by atoms with Crippen LogP contribution >= 0.6 is 0 Å². The highest BCUT2D eigenvalue weighted by Crippen LogP contribution is 2.47. The van der Waals surface area contributed by atoms with E-state index in [1.807, 2.05) is 25.1 Å². The Morgan fingerprint density at radius 3 is 2.20 bits per heavy atom. The maximum absolute atomic E-state index is 15.5. The predicted molar refractivity (Wildman–Crippen MR) is 188 cm³/mol. The molecule has 0 aromatic heterocycles. The zero-order valence-corrected chi connectivity index (χ0v) is 28.9. The van der Waals surface area contributed by atoms with E-state index in [4.69, 9.17) is 14.2 Å². The lowest BCUT2D eigenvalue weighted by atomic mass is 10.0. The van der Waals surface area contributed by atoms with Gasteiger partial charge in [-0.05, 0) is 106 Å². The number of nitrogens with one attached hydrogen (secondary N) is 2. The van der Waals surface area contributed by atoms with Gasteiger partial charge in [-0.3, -0.25) is 14.4 Å². The van der Waals surface area contributed by atoms with E-state index in [0.717, 1.165) is 37.3 Å². The van der Waals surface area contributed by atoms with E-state index >= 15 is 4.39 Å². The number of benzene rings is 3. The molecular weight excluding hydrogens is 646 g/mol. The van der Waals surface area contributed by atoms with Gasteiger partial charge >= 0.3 is 5.97 Å². The molecule has 1 aliphatic carbocycles. The molecule has 266 valence electrons. The van der Waals surface area contributed by atoms with Crippen molar-refractivity contribution in [3.63, 3.8) is 0 Å². The fraction of sp³-hybridized carbons (Fsp3) is 0.359. The third kappa shape index (κ3) is 10.2. The van der Waals surface area contributed by atoms with Gasteiger partial charge in [0.05, 0.1) is 20.8 Å². The van der Waals surface area contributed by atoms with Crippen LogP contribution in [0.3, 0.4) is 0 Å². The number of allylic oxidation sites excluding steroid dienone is 3. The summed E-state index contributed by atoms with van der Waals surface area (Å²) in [6, 6.07) is 12.9. The van der Waals surface area contributed by atoms with Crippen molar-refractivity contribution in [2.75, 3.05) is 31.5 Å². The number of methoxy groups -OCH3 is 2. The molecular formula is C39H44F2N2O7. The molecule has 0 bridgehead atoms. The molecule has 0 radical (unpaired) electrons. The molecule has 0 saturated heterocycles. The minimum atomic E-state index is -1.29. The van der Waals surface area contributed by atoms with Crippen LogP contribution in [0.2, 0.25) is 0 Å². The molecule has 1 saturated carbocycles. The topological polar surface area (TPSA) is 112 Å². The highest BCUT2D eigenvalue weighted by atomic mass is 19.1. The first-order valence-electron chi connectivity index (χ1n) is 16.7. The SMILES string of the molecule is CCCC=CC=C(Oc1ccc(NC(=O)C2(C(=O)Nc3ccc(F)cc3)CC2)cc1F)c1cc(OC)c(OCCCCCC(=O)OC)cc1C. The Bertz CT molecular complexity index is 1720. The first kappa shape index (κ1) is 37.6. The summed E-state index contributed by atoms with van der Waals surface area (Å²) in [6.07, 6.45) is 10.7. The molecule has 50 heavy (non-hydrogen) atoms. The third-order valence-electron chi connectivity index (χ3n) is 8.26. The first-order chi connectivity index (χ1) is 24.1. The summed E-state index contributed by atoms with van der Waals surface area (Å²) >= 11 is 0. The summed E-state index contributed by atoms with van der Waals surface area (Å²) in [5, 5.41) is 5.31. The summed E-state index contributed by atoms with van der Waals surface area (Å²) in [6.45, 7) is 4.39. The van der Waals surface area contributed by atoms with Crippen LogP contribution in [0.15, 0.2) is 72.8 Å². The maximum atomic E-state index is 15.5. The van der Waals surface area contributed by atoms with Crippen molar-refractivity contribution in [1.82, 2.24) is 0 Å². The molecule has 0 aliphatic heterocycles. The second-order valence-electron chi connectivity index (χ2n) is 12.0. The van der Waals surface area contributed by atoms with E-state index in [9.17, 15) is 18.8 Å². The fourth-order valence-electron chi connectivity index (χ4n) is 5.13. The van der Waals surface area contributed by atoms with E-state index in [0.29, 0.717) is 60.8 Å². The van der Waals surface area contributed by atoms with Gasteiger partial charge in [0.15, 0.2) is 23.1 Å². The average molecular weight is 691 g/mol. The van der Waals surface area contributed by atoms with Crippen molar-refractivity contribution >= 4 is 34.9 Å². The molecule has 0 unspecified atom stereocenters. The number of ether oxygens (including phenoxy) is 4. The number of hydrogen-bond acceptors (Lipinski definition) is 7. The molecule has 4 rings (SSSR count). The number of anilines is 2. The molecule has 3 aromatic rings. The van der Waals surface area contributed by atoms with Crippen LogP contribution in [0.4, 0.5) is 20.2 Å². The number of aryl methyl sites for hydroxylation is 1. The number of amides is 2. The van der Waals surface area contributed by atoms with Gasteiger partial charge in [0.1, 0.15) is 17.0 Å². The Labute approximate surface area is 291 Å². The molecule has 0 spiro atoms. The van der Waals surface area contributed by atoms with E-state index in [2.05, 4.69) is 22.3 Å². The van der Waals surface area contributed by atoms with E-state index in [1.54, 1.807) is 12.1 Å². The van der Waals surface area contributed by atoms with Crippen LogP contribution < -0.4 is 24.8 Å². The highest BCUT2D eigenvalue weighted by Gasteiger charge is 2.56. The molecule has 1 aliphatic rings. The Morgan fingerprint density at radius 2 is 1.56 bits per heavy atom. The summed E-state index contributed by atoms with van der Waals surface area (Å²) in [4.78, 5) is 37.4. The summed E-state index contributed by atoms with van der Waals surface area (Å²) in [7, 11) is 2.91. The van der Waals surface area contributed by atoms with Crippen molar-refractivity contribution in [3.05, 3.63) is 95.6 Å². The average Bonchev–Trinajstić information content (AvgIpc) is 3.92. The molecule has 2 amide bonds. The van der Waals surface area contributed by atoms with Gasteiger partial charge < -0.3 is 29.6 Å². The van der Waals surface area contributed by atoms with Crippen molar-refractivity contribution in [1.29, 1.82) is 0 Å². The van der Waals surface area contributed by atoms with E-state index in [-0.39, 0.29) is 17.4 Å². The summed E-state index contributed by atoms with van der Waals surface area (Å²) in [5.41, 5.74) is 0.708. The minimum absolute atomic E-state index is 0.0704. The molecule has 9 nitrogen and oxygen atoms in total. The van der Waals surface area contributed by atoms with Gasteiger partial charge in [-0.15, -0.1) is 0 Å². The number of esters is 1. The van der Waals surface area contributed by atoms with Crippen LogP contribution in [0, 0.1) is 24.0 Å². The van der Waals surface area contributed by atoms with Crippen LogP contribution in [0.25, 0.3) is 5.76 Å². The number of halogens is 2. The number of hydrogen-bond donors (Lipinski definition) is 2. The molecule has 0 heterocycles. The van der Waals surface area contributed by atoms with Crippen LogP contribution in [0.1, 0.15) is 69.4 Å². The normalized spacial score (nSPS) is 13.4. The quantitative estimate of drug-likeness (QED) is 0.0453. The Morgan fingerprint density at radius 1 is 0.860 bits per heavy atom. The molecule has 0 atom stereocenters. The second kappa shape index (κ2) is 18.0. The molecule has 11 heteroatoms. The van der Waals surface area contributed by atoms with Gasteiger partial charge in [-0.25, -0.2) is 8.78 Å². The predicted octanol–water partition coefficient (Wildman–Crippen LogP) is 8.53. The van der Waals surface area contributed by atoms with Gasteiger partial charge in [-0.2, -0.15) is 0 Å². The van der Waals surface area contributed by atoms with Crippen LogP contribution in [-0.2, 0) is 19.1 Å². The largest absolute Gasteiger partial charge is 0.493 e. The van der Waals surface area contributed by atoms with Crippen LogP contribution in [-0.4, -0.2) is 38.6 Å². The van der Waals surface area contributed by atoms with Gasteiger partial charge in [0.25, 0.3) is 0 Å². The highest BCUT2D eigenvalue weighted by molar-refractivity contribution is 6.16. The second-order valence-corrected chi connectivity index (χ2v) is 12.0. The standard InChI is InChI=1S/C39H44F2N2O7/c1-5-6-7-9-12-32(30-25-34(47-3)35(23-26(30)2)49-22-11-8-10-13-36(44)48-4)50-33-19-18-29(24-31(33)41)43-38(46)39(20-21-39)37(45)42-28-16-14-27(40)15-17-28/h7,9,12,14-19,23-25H,5-6,8,10-11,13,20-22H2,1-4H3,(H,42,45)(H,43,46). The third-order valence-corrected chi connectivity index (χ3v) is 8.26. The lowest BCUT2D eigenvalue weighted by molar-refractivity contribution is -0.140. The van der Waals surface area contributed by atoms with Gasteiger partial charge in [-0.1, -0.05) is 25.5 Å². The smallest absolute Gasteiger partial charge is 0.305 e. The zero-order valence-electron chi connectivity index (χ0n) is 28.9. The van der Waals surface area contributed by atoms with Crippen molar-refractivity contribution in [3.8, 4) is 17.2 Å². The Hall–Kier alpha value is -5.19. The van der Waals surface area contributed by atoms with Gasteiger partial charge in [0.2, 0.25) is 11.8 Å². The molecule has 3 aromatic carbocycles. The Kier molecular flexibility index (Phi) is 13.5. The fourth-order valence-corrected chi connectivity index (χ4v) is 5.13. The van der Waals surface area contributed by atoms with E-state index < -0.39 is 28.9 Å². The first-order valence-corrected chi connectivity index (χ1v) is 16.7. The van der Waals surface area contributed by atoms with E-state index in [1.165, 1.54) is 50.6 Å². The van der Waals surface area contributed by atoms with Crippen molar-refractivity contribution in [2.24, 2.45) is 5.41 Å². The maximum Gasteiger partial charge on any atom is 0.305 e. The van der Waals surface area contributed by atoms with Gasteiger partial charge in [0, 0.05) is 29.4 Å². The zero-order chi connectivity index (χ0) is 36.1. The lowest BCUT2D eigenvalue weighted by Gasteiger charge is -2.18. The number of rotatable bonds is 18. The van der Waals surface area contributed by atoms with Crippen molar-refractivity contribution in [2.45, 2.75) is 65.2 Å². The lowest BCUT2D eigenvalue weighted by Crippen LogP contribution is -2.35. The summed E-state index contributed by atoms with van der Waals surface area (Å²) in [5.74, 6) is -1.14. The molecule has 2 N–H and O–H groups in total. The number of carbonyl (C=O) groups excluding carboxylic acids is 3. The summed E-state index contributed by atoms with van der Waals surface area (Å²) < 4.78 is 51.2. The Balaban J connectivity index is 1.46. The van der Waals surface area contributed by atoms with Crippen LogP contribution in [0.5, 0.6) is 17.2 Å². The minimum Gasteiger partial charge on any atom is -0.493 e. The van der Waals surface area contributed by atoms with Crippen molar-refractivity contribution < 1.29 is 42.1 Å². The number of unbranched alkanes of at least 4 members (excludes halogenated alkanes) is 3. The molecule has 1 fully saturated rings. The monoisotopic (exact) mass is 690 g/mol.